The molecular weight excluding hydrogens is 324 g/mol. The van der Waals surface area contributed by atoms with Crippen LogP contribution >= 0.6 is 0 Å². The van der Waals surface area contributed by atoms with Gasteiger partial charge in [0.1, 0.15) is 0 Å². The largest absolute Gasteiger partial charge is 0.352 e. The van der Waals surface area contributed by atoms with Gasteiger partial charge >= 0.3 is 0 Å². The summed E-state index contributed by atoms with van der Waals surface area (Å²) in [6.45, 7) is 1.44. The van der Waals surface area contributed by atoms with Gasteiger partial charge < -0.3 is 10.2 Å². The van der Waals surface area contributed by atoms with Gasteiger partial charge in [0.2, 0.25) is 10.0 Å². The van der Waals surface area contributed by atoms with Gasteiger partial charge in [-0.15, -0.1) is 0 Å². The van der Waals surface area contributed by atoms with Crippen molar-refractivity contribution in [1.82, 2.24) is 5.32 Å². The van der Waals surface area contributed by atoms with E-state index >= 15 is 0 Å². The van der Waals surface area contributed by atoms with Crippen LogP contribution in [-0.2, 0) is 23.0 Å². The molecule has 3 rings (SSSR count). The molecular formula is C17H20N4O2S. The summed E-state index contributed by atoms with van der Waals surface area (Å²) < 4.78 is 22.6. The Morgan fingerprint density at radius 1 is 1.21 bits per heavy atom. The number of nitrogens with two attached hydrogens (primary N) is 1. The van der Waals surface area contributed by atoms with E-state index in [9.17, 15) is 8.42 Å². The van der Waals surface area contributed by atoms with Gasteiger partial charge in [0.15, 0.2) is 5.96 Å². The molecule has 0 aliphatic carbocycles. The molecule has 2 aromatic carbocycles. The van der Waals surface area contributed by atoms with Crippen LogP contribution in [0.15, 0.2) is 58.4 Å². The van der Waals surface area contributed by atoms with Gasteiger partial charge in [-0.3, -0.25) is 4.99 Å². The molecule has 0 saturated heterocycles. The number of aliphatic imine (C=N–C) groups is 1. The molecule has 6 nitrogen and oxygen atoms in total. The lowest BCUT2D eigenvalue weighted by molar-refractivity contribution is 0.597. The monoisotopic (exact) mass is 344 g/mol. The maximum Gasteiger partial charge on any atom is 0.238 e. The summed E-state index contributed by atoms with van der Waals surface area (Å²) in [4.78, 5) is 6.63. The zero-order valence-electron chi connectivity index (χ0n) is 13.4. The topological polar surface area (TPSA) is 87.8 Å². The van der Waals surface area contributed by atoms with Gasteiger partial charge in [0.25, 0.3) is 0 Å². The normalized spacial score (nSPS) is 14.6. The first-order valence-electron chi connectivity index (χ1n) is 7.67. The fourth-order valence-electron chi connectivity index (χ4n) is 2.83. The van der Waals surface area contributed by atoms with Gasteiger partial charge in [-0.25, -0.2) is 13.6 Å². The van der Waals surface area contributed by atoms with Crippen LogP contribution in [0.5, 0.6) is 0 Å². The smallest absolute Gasteiger partial charge is 0.238 e. The van der Waals surface area contributed by atoms with Crippen LogP contribution < -0.4 is 15.4 Å². The third kappa shape index (κ3) is 3.42. The predicted molar refractivity (Wildman–Crippen MR) is 95.5 cm³/mol. The van der Waals surface area contributed by atoms with Crippen LogP contribution in [0.3, 0.4) is 0 Å². The highest BCUT2D eigenvalue weighted by atomic mass is 32.2. The molecule has 0 amide bonds. The Kier molecular flexibility index (Phi) is 4.55. The molecule has 126 valence electrons. The van der Waals surface area contributed by atoms with E-state index in [1.54, 1.807) is 19.2 Å². The number of hydrogen-bond acceptors (Lipinski definition) is 3. The lowest BCUT2D eigenvalue weighted by atomic mass is 10.2. The van der Waals surface area contributed by atoms with Crippen molar-refractivity contribution in [2.75, 3.05) is 18.5 Å². The SMILES string of the molecule is CN=C(NCc1ccc(S(N)(=O)=O)cc1)N1CCc2ccccc21. The van der Waals surface area contributed by atoms with Crippen LogP contribution in [0.4, 0.5) is 5.69 Å². The molecule has 1 heterocycles. The number of guanidine groups is 1. The van der Waals surface area contributed by atoms with E-state index < -0.39 is 10.0 Å². The van der Waals surface area contributed by atoms with Crippen molar-refractivity contribution < 1.29 is 8.42 Å². The average molecular weight is 344 g/mol. The Morgan fingerprint density at radius 3 is 2.58 bits per heavy atom. The number of nitrogens with one attached hydrogen (secondary N) is 1. The van der Waals surface area contributed by atoms with E-state index in [0.717, 1.165) is 24.5 Å². The van der Waals surface area contributed by atoms with E-state index in [2.05, 4.69) is 27.3 Å². The highest BCUT2D eigenvalue weighted by molar-refractivity contribution is 7.89. The molecule has 1 aliphatic heterocycles. The second-order valence-corrected chi connectivity index (χ2v) is 7.18. The number of hydrogen-bond donors (Lipinski definition) is 2. The first kappa shape index (κ1) is 16.5. The number of anilines is 1. The van der Waals surface area contributed by atoms with E-state index in [1.165, 1.54) is 23.4 Å². The Morgan fingerprint density at radius 2 is 1.92 bits per heavy atom. The highest BCUT2D eigenvalue weighted by Crippen LogP contribution is 2.27. The fourth-order valence-corrected chi connectivity index (χ4v) is 3.35. The van der Waals surface area contributed by atoms with Gasteiger partial charge in [0, 0.05) is 25.8 Å². The summed E-state index contributed by atoms with van der Waals surface area (Å²) >= 11 is 0. The molecule has 3 N–H and O–H groups in total. The van der Waals surface area contributed by atoms with Gasteiger partial charge in [0.05, 0.1) is 4.90 Å². The first-order chi connectivity index (χ1) is 11.5. The first-order valence-corrected chi connectivity index (χ1v) is 9.21. The van der Waals surface area contributed by atoms with Crippen LogP contribution in [-0.4, -0.2) is 28.0 Å². The molecule has 0 aromatic heterocycles. The fraction of sp³-hybridized carbons (Fsp3) is 0.235. The molecule has 0 saturated carbocycles. The number of para-hydroxylation sites is 1. The minimum atomic E-state index is -3.65. The predicted octanol–water partition coefficient (Wildman–Crippen LogP) is 1.47. The summed E-state index contributed by atoms with van der Waals surface area (Å²) in [5, 5.41) is 8.43. The number of fused-ring (bicyclic) bond motifs is 1. The maximum absolute atomic E-state index is 11.3. The van der Waals surface area contributed by atoms with Gasteiger partial charge in [-0.05, 0) is 35.7 Å². The molecule has 1 aliphatic rings. The molecule has 7 heteroatoms. The average Bonchev–Trinajstić information content (AvgIpc) is 2.99. The molecule has 0 fully saturated rings. The highest BCUT2D eigenvalue weighted by Gasteiger charge is 2.22. The minimum absolute atomic E-state index is 0.115. The van der Waals surface area contributed by atoms with Crippen LogP contribution in [0.2, 0.25) is 0 Å². The molecule has 0 atom stereocenters. The molecule has 24 heavy (non-hydrogen) atoms. The van der Waals surface area contributed by atoms with Gasteiger partial charge in [-0.2, -0.15) is 0 Å². The second kappa shape index (κ2) is 6.62. The lowest BCUT2D eigenvalue weighted by Gasteiger charge is -2.22. The third-order valence-electron chi connectivity index (χ3n) is 4.06. The summed E-state index contributed by atoms with van der Waals surface area (Å²) in [5.41, 5.74) is 3.45. The van der Waals surface area contributed by atoms with E-state index in [0.29, 0.717) is 6.54 Å². The minimum Gasteiger partial charge on any atom is -0.352 e. The zero-order chi connectivity index (χ0) is 17.2. The van der Waals surface area contributed by atoms with Gasteiger partial charge in [-0.1, -0.05) is 30.3 Å². The van der Waals surface area contributed by atoms with E-state index in [4.69, 9.17) is 5.14 Å². The van der Waals surface area contributed by atoms with Crippen molar-refractivity contribution in [2.24, 2.45) is 10.1 Å². The summed E-state index contributed by atoms with van der Waals surface area (Å²) in [5.74, 6) is 0.801. The van der Waals surface area contributed by atoms with Crippen molar-refractivity contribution in [3.63, 3.8) is 0 Å². The molecule has 0 radical (unpaired) electrons. The molecule has 0 bridgehead atoms. The van der Waals surface area contributed by atoms with Crippen LogP contribution in [0, 0.1) is 0 Å². The molecule has 0 spiro atoms. The van der Waals surface area contributed by atoms with Crippen molar-refractivity contribution in [3.05, 3.63) is 59.7 Å². The Balaban J connectivity index is 1.70. The zero-order valence-corrected chi connectivity index (χ0v) is 14.3. The molecule has 0 unspecified atom stereocenters. The number of benzene rings is 2. The van der Waals surface area contributed by atoms with Crippen molar-refractivity contribution in [1.29, 1.82) is 0 Å². The van der Waals surface area contributed by atoms with Crippen molar-refractivity contribution >= 4 is 21.7 Å². The van der Waals surface area contributed by atoms with Crippen molar-refractivity contribution in [3.8, 4) is 0 Å². The Labute approximate surface area is 142 Å². The van der Waals surface area contributed by atoms with E-state index in [-0.39, 0.29) is 4.90 Å². The quantitative estimate of drug-likeness (QED) is 0.652. The summed E-state index contributed by atoms with van der Waals surface area (Å²) in [6, 6.07) is 14.8. The Bertz CT molecular complexity index is 860. The lowest BCUT2D eigenvalue weighted by Crippen LogP contribution is -2.40. The maximum atomic E-state index is 11.3. The summed E-state index contributed by atoms with van der Waals surface area (Å²) in [6.07, 6.45) is 1.000. The summed E-state index contributed by atoms with van der Waals surface area (Å²) in [7, 11) is -1.90. The van der Waals surface area contributed by atoms with Crippen LogP contribution in [0.1, 0.15) is 11.1 Å². The van der Waals surface area contributed by atoms with Crippen molar-refractivity contribution in [2.45, 2.75) is 17.9 Å². The number of nitrogens with zero attached hydrogens (tertiary/aromatic N) is 2. The number of rotatable bonds is 3. The Hall–Kier alpha value is -2.38. The number of sulfonamides is 1. The second-order valence-electron chi connectivity index (χ2n) is 5.62. The molecule has 2 aromatic rings. The standard InChI is InChI=1S/C17H20N4O2S/c1-19-17(21-11-10-14-4-2-3-5-16(14)21)20-12-13-6-8-15(9-7-13)24(18,22)23/h2-9H,10-12H2,1H3,(H,19,20)(H2,18,22,23). The third-order valence-corrected chi connectivity index (χ3v) is 4.99. The number of primary sulfonamides is 1. The van der Waals surface area contributed by atoms with E-state index in [1.807, 2.05) is 12.1 Å². The van der Waals surface area contributed by atoms with Crippen LogP contribution in [0.25, 0.3) is 0 Å².